The van der Waals surface area contributed by atoms with Crippen molar-refractivity contribution in [1.29, 1.82) is 0 Å². The molecule has 3 fully saturated rings. The normalized spacial score (nSPS) is 24.9. The number of hydrogen-bond donors (Lipinski definition) is 1. The maximum Gasteiger partial charge on any atom is 0.319 e. The number of amides is 1. The first-order valence-electron chi connectivity index (χ1n) is 21.3. The second-order valence-corrected chi connectivity index (χ2v) is 17.5. The average molecular weight is 809 g/mol. The van der Waals surface area contributed by atoms with Gasteiger partial charge in [0.05, 0.1) is 36.4 Å². The smallest absolute Gasteiger partial charge is 0.319 e. The van der Waals surface area contributed by atoms with E-state index < -0.39 is 11.6 Å². The number of aryl methyl sites for hydroxylation is 2. The zero-order valence-corrected chi connectivity index (χ0v) is 34.7. The van der Waals surface area contributed by atoms with Gasteiger partial charge in [-0.2, -0.15) is 15.1 Å². The fourth-order valence-electron chi connectivity index (χ4n) is 10.7. The predicted octanol–water partition coefficient (Wildman–Crippen LogP) is 7.67. The van der Waals surface area contributed by atoms with Gasteiger partial charge in [-0.05, 0) is 112 Å². The highest BCUT2D eigenvalue weighted by atomic mass is 19.1. The monoisotopic (exact) mass is 808 g/mol. The molecule has 0 bridgehead atoms. The van der Waals surface area contributed by atoms with Gasteiger partial charge in [0.25, 0.3) is 5.91 Å². The third kappa shape index (κ3) is 7.15. The molecule has 4 aliphatic rings. The topological polar surface area (TPSA) is 122 Å². The largest absolute Gasteiger partial charge is 0.508 e. The summed E-state index contributed by atoms with van der Waals surface area (Å²) < 4.78 is 47.4. The van der Waals surface area contributed by atoms with Crippen LogP contribution in [0.4, 0.5) is 14.6 Å². The fourth-order valence-corrected chi connectivity index (χ4v) is 10.7. The van der Waals surface area contributed by atoms with Crippen molar-refractivity contribution in [3.8, 4) is 23.0 Å². The van der Waals surface area contributed by atoms with Gasteiger partial charge in [-0.3, -0.25) is 19.4 Å². The van der Waals surface area contributed by atoms with Gasteiger partial charge in [-0.15, -0.1) is 0 Å². The highest BCUT2D eigenvalue weighted by molar-refractivity contribution is 6.02. The summed E-state index contributed by atoms with van der Waals surface area (Å²) in [5, 5.41) is 16.9. The van der Waals surface area contributed by atoms with E-state index >= 15 is 8.78 Å². The third-order valence-electron chi connectivity index (χ3n) is 13.3. The number of aromatic hydroxyl groups is 1. The maximum atomic E-state index is 17.4. The Morgan fingerprint density at radius 3 is 2.61 bits per heavy atom. The molecule has 9 rings (SSSR count). The van der Waals surface area contributed by atoms with Crippen LogP contribution in [-0.4, -0.2) is 104 Å². The fraction of sp³-hybridized carbons (Fsp3) is 0.533. The molecule has 5 aromatic rings. The number of halogens is 2. The van der Waals surface area contributed by atoms with E-state index in [2.05, 4.69) is 33.7 Å². The lowest BCUT2D eigenvalue weighted by Gasteiger charge is -2.51. The number of phenolic OH excluding ortho intramolecular Hbond substituents is 1. The van der Waals surface area contributed by atoms with Crippen molar-refractivity contribution in [3.05, 3.63) is 65.1 Å². The van der Waals surface area contributed by atoms with Gasteiger partial charge in [0.1, 0.15) is 28.6 Å². The molecule has 14 heteroatoms. The predicted molar refractivity (Wildman–Crippen MR) is 222 cm³/mol. The number of carbonyl (C=O) groups excluding carboxylic acids is 1. The summed E-state index contributed by atoms with van der Waals surface area (Å²) in [4.78, 5) is 33.7. The molecule has 1 saturated carbocycles. The highest BCUT2D eigenvalue weighted by Gasteiger charge is 2.50. The van der Waals surface area contributed by atoms with Gasteiger partial charge in [-0.25, -0.2) is 8.78 Å². The van der Waals surface area contributed by atoms with Crippen molar-refractivity contribution in [2.24, 2.45) is 5.41 Å². The van der Waals surface area contributed by atoms with Crippen molar-refractivity contribution in [3.63, 3.8) is 0 Å². The van der Waals surface area contributed by atoms with Crippen LogP contribution in [-0.2, 0) is 24.2 Å². The summed E-state index contributed by atoms with van der Waals surface area (Å²) in [7, 11) is 3.40. The van der Waals surface area contributed by atoms with E-state index in [1.165, 1.54) is 17.0 Å². The van der Waals surface area contributed by atoms with E-state index in [-0.39, 0.29) is 52.1 Å². The first-order valence-corrected chi connectivity index (χ1v) is 21.3. The molecule has 2 saturated heterocycles. The Labute approximate surface area is 343 Å². The number of pyridine rings is 1. The van der Waals surface area contributed by atoms with Gasteiger partial charge >= 0.3 is 6.01 Å². The summed E-state index contributed by atoms with van der Waals surface area (Å²) in [6, 6.07) is 8.66. The van der Waals surface area contributed by atoms with Crippen LogP contribution in [0.25, 0.3) is 32.9 Å². The van der Waals surface area contributed by atoms with Crippen LogP contribution in [0.5, 0.6) is 11.8 Å². The standard InChI is InChI=1S/C45H54F2N8O4/c1-6-32-35(46)12-11-28-20-31(56)22-33(38(28)32)40-39(47)41-34(23-48-40)42(53-15-9-17-55-30(24-53)21-36(51-55)43(57)52(4)5)50-44(49-41)58-25-45-13-7-10-37(45)54(16-8-14-45)29-18-26(2)59-27(3)19-29/h11-12,20-23,26-27,29,37,56H,6-10,13-19,24-25H2,1-5H3/t26-,27+,29?,37-,45-/m1/s1. The third-order valence-corrected chi connectivity index (χ3v) is 13.3. The molecule has 12 nitrogen and oxygen atoms in total. The SMILES string of the molecule is CCc1c(F)ccc2cc(O)cc(-c3ncc4c(N5CCCn6nc(C(=O)N(C)C)cc6C5)nc(OC[C@]56CCC[C@H]5N(C5C[C@@H](C)O[C@@H](C)C5)CCC6)nc4c3F)c12. The number of likely N-dealkylation sites (tertiary alicyclic amines) is 1. The summed E-state index contributed by atoms with van der Waals surface area (Å²) in [5.74, 6) is -0.918. The molecule has 312 valence electrons. The molecule has 1 N–H and O–H groups in total. The van der Waals surface area contributed by atoms with Crippen LogP contribution < -0.4 is 9.64 Å². The van der Waals surface area contributed by atoms with E-state index in [1.807, 2.05) is 17.7 Å². The van der Waals surface area contributed by atoms with Crippen LogP contribution in [0.1, 0.15) is 93.9 Å². The number of phenols is 1. The Morgan fingerprint density at radius 1 is 1.03 bits per heavy atom. The minimum atomic E-state index is -0.712. The van der Waals surface area contributed by atoms with E-state index in [0.717, 1.165) is 57.2 Å². The van der Waals surface area contributed by atoms with Crippen molar-refractivity contribution in [2.75, 3.05) is 38.7 Å². The van der Waals surface area contributed by atoms with Crippen LogP contribution >= 0.6 is 0 Å². The summed E-state index contributed by atoms with van der Waals surface area (Å²) in [5.41, 5.74) is 1.77. The summed E-state index contributed by atoms with van der Waals surface area (Å²) in [6.07, 6.45) is 10.5. The highest BCUT2D eigenvalue weighted by Crippen LogP contribution is 2.50. The summed E-state index contributed by atoms with van der Waals surface area (Å²) >= 11 is 0. The van der Waals surface area contributed by atoms with E-state index in [0.29, 0.717) is 84.4 Å². The lowest BCUT2D eigenvalue weighted by atomic mass is 9.74. The molecular weight excluding hydrogens is 755 g/mol. The first-order chi connectivity index (χ1) is 28.4. The molecule has 3 aliphatic heterocycles. The Hall–Kier alpha value is -4.95. The first kappa shape index (κ1) is 39.5. The quantitative estimate of drug-likeness (QED) is 0.167. The van der Waals surface area contributed by atoms with Crippen LogP contribution in [0.3, 0.4) is 0 Å². The Bertz CT molecular complexity index is 2410. The minimum absolute atomic E-state index is 0.0260. The van der Waals surface area contributed by atoms with Crippen LogP contribution in [0.2, 0.25) is 0 Å². The Kier molecular flexibility index (Phi) is 10.4. The van der Waals surface area contributed by atoms with E-state index in [1.54, 1.807) is 32.4 Å². The molecule has 6 heterocycles. The number of benzene rings is 2. The number of fused-ring (bicyclic) bond motifs is 4. The number of rotatable bonds is 8. The van der Waals surface area contributed by atoms with Gasteiger partial charge in [0, 0.05) is 56.4 Å². The molecule has 3 aromatic heterocycles. The van der Waals surface area contributed by atoms with Gasteiger partial charge < -0.3 is 24.4 Å². The number of anilines is 1. The minimum Gasteiger partial charge on any atom is -0.508 e. The summed E-state index contributed by atoms with van der Waals surface area (Å²) in [6.45, 7) is 9.21. The van der Waals surface area contributed by atoms with E-state index in [9.17, 15) is 9.90 Å². The second kappa shape index (κ2) is 15.6. The van der Waals surface area contributed by atoms with Gasteiger partial charge in [0.15, 0.2) is 11.5 Å². The maximum absolute atomic E-state index is 17.4. The molecular formula is C45H54F2N8O4. The number of aromatic nitrogens is 5. The average Bonchev–Trinajstić information content (AvgIpc) is 3.77. The van der Waals surface area contributed by atoms with Gasteiger partial charge in [-0.1, -0.05) is 19.4 Å². The molecule has 59 heavy (non-hydrogen) atoms. The van der Waals surface area contributed by atoms with Gasteiger partial charge in [0.2, 0.25) is 0 Å². The zero-order chi connectivity index (χ0) is 41.2. The van der Waals surface area contributed by atoms with Crippen molar-refractivity contribution < 1.29 is 28.2 Å². The zero-order valence-electron chi connectivity index (χ0n) is 34.7. The number of ether oxygens (including phenoxy) is 2. The molecule has 1 aliphatic carbocycles. The van der Waals surface area contributed by atoms with Crippen molar-refractivity contribution >= 4 is 33.4 Å². The number of hydrogen-bond acceptors (Lipinski definition) is 10. The van der Waals surface area contributed by atoms with E-state index in [4.69, 9.17) is 19.4 Å². The van der Waals surface area contributed by atoms with Crippen molar-refractivity contribution in [2.45, 2.75) is 116 Å². The van der Waals surface area contributed by atoms with Crippen molar-refractivity contribution in [1.82, 2.24) is 34.5 Å². The lowest BCUT2D eigenvalue weighted by molar-refractivity contribution is -0.0967. The number of carbonyl (C=O) groups is 1. The second-order valence-electron chi connectivity index (χ2n) is 17.5. The number of nitrogens with zero attached hydrogens (tertiary/aromatic N) is 8. The Morgan fingerprint density at radius 2 is 1.83 bits per heavy atom. The van der Waals surface area contributed by atoms with Crippen LogP contribution in [0, 0.1) is 17.0 Å². The molecule has 1 unspecified atom stereocenters. The molecule has 0 radical (unpaired) electrons. The molecule has 2 aromatic carbocycles. The molecule has 1 amide bonds. The Balaban J connectivity index is 1.13. The molecule has 5 atom stereocenters. The van der Waals surface area contributed by atoms with Crippen LogP contribution in [0.15, 0.2) is 36.5 Å². The lowest BCUT2D eigenvalue weighted by Crippen LogP contribution is -2.57. The molecule has 0 spiro atoms. The number of piperidine rings is 1.